The molecule has 0 unspecified atom stereocenters. The van der Waals surface area contributed by atoms with E-state index in [0.717, 1.165) is 38.3 Å². The Hall–Kier alpha value is -2.08. The number of rotatable bonds is 3. The van der Waals surface area contributed by atoms with Gasteiger partial charge < -0.3 is 19.9 Å². The number of benzene rings is 1. The van der Waals surface area contributed by atoms with Crippen LogP contribution in [0.5, 0.6) is 5.75 Å². The predicted molar refractivity (Wildman–Crippen MR) is 83.0 cm³/mol. The normalized spacial score (nSPS) is 18.5. The average Bonchev–Trinajstić information content (AvgIpc) is 2.83. The van der Waals surface area contributed by atoms with E-state index in [1.165, 1.54) is 0 Å². The van der Waals surface area contributed by atoms with Gasteiger partial charge in [0.1, 0.15) is 5.75 Å². The van der Waals surface area contributed by atoms with Crippen molar-refractivity contribution in [1.82, 2.24) is 10.2 Å². The van der Waals surface area contributed by atoms with Crippen molar-refractivity contribution < 1.29 is 14.3 Å². The highest BCUT2D eigenvalue weighted by Crippen LogP contribution is 2.31. The lowest BCUT2D eigenvalue weighted by Gasteiger charge is -2.30. The second kappa shape index (κ2) is 6.79. The van der Waals surface area contributed by atoms with Crippen LogP contribution in [0.4, 0.5) is 5.69 Å². The number of hydrogen-bond acceptors (Lipinski definition) is 4. The maximum Gasteiger partial charge on any atom is 0.265 e. The number of amides is 2. The third kappa shape index (κ3) is 3.22. The number of hydrogen-bond donors (Lipinski definition) is 1. The smallest absolute Gasteiger partial charge is 0.265 e. The molecule has 1 fully saturated rings. The first kappa shape index (κ1) is 14.8. The van der Waals surface area contributed by atoms with Gasteiger partial charge in [-0.05, 0) is 25.1 Å². The molecule has 0 bridgehead atoms. The molecule has 2 amide bonds. The van der Waals surface area contributed by atoms with Crippen molar-refractivity contribution in [3.05, 3.63) is 24.3 Å². The average molecular weight is 303 g/mol. The van der Waals surface area contributed by atoms with E-state index in [-0.39, 0.29) is 18.4 Å². The van der Waals surface area contributed by atoms with Gasteiger partial charge in [0.25, 0.3) is 5.91 Å². The predicted octanol–water partition coefficient (Wildman–Crippen LogP) is 0.624. The van der Waals surface area contributed by atoms with Crippen LogP contribution in [-0.4, -0.2) is 56.0 Å². The van der Waals surface area contributed by atoms with E-state index in [4.69, 9.17) is 4.74 Å². The van der Waals surface area contributed by atoms with Gasteiger partial charge in [-0.2, -0.15) is 0 Å². The van der Waals surface area contributed by atoms with Crippen LogP contribution in [0.3, 0.4) is 0 Å². The number of carbonyl (C=O) groups excluding carboxylic acids is 2. The SMILES string of the molecule is O=C(CCN1C(=O)COc2ccccc21)N1CCCNCC1. The van der Waals surface area contributed by atoms with Crippen LogP contribution >= 0.6 is 0 Å². The molecule has 0 radical (unpaired) electrons. The Kier molecular flexibility index (Phi) is 4.58. The Morgan fingerprint density at radius 3 is 3.00 bits per heavy atom. The summed E-state index contributed by atoms with van der Waals surface area (Å²) in [6.07, 6.45) is 1.32. The highest BCUT2D eigenvalue weighted by Gasteiger charge is 2.26. The summed E-state index contributed by atoms with van der Waals surface area (Å²) in [6.45, 7) is 3.77. The van der Waals surface area contributed by atoms with Crippen LogP contribution in [0.2, 0.25) is 0 Å². The molecule has 2 aliphatic rings. The first-order valence-electron chi connectivity index (χ1n) is 7.76. The molecular formula is C16H21N3O3. The number of anilines is 1. The van der Waals surface area contributed by atoms with Crippen molar-refractivity contribution in [2.24, 2.45) is 0 Å². The lowest BCUT2D eigenvalue weighted by Crippen LogP contribution is -2.42. The monoisotopic (exact) mass is 303 g/mol. The van der Waals surface area contributed by atoms with Crippen LogP contribution in [0.25, 0.3) is 0 Å². The standard InChI is InChI=1S/C16H21N3O3/c20-15(18-9-3-7-17-8-11-18)6-10-19-13-4-1-2-5-14(13)22-12-16(19)21/h1-2,4-5,17H,3,6-12H2. The lowest BCUT2D eigenvalue weighted by atomic mass is 10.2. The van der Waals surface area contributed by atoms with Crippen molar-refractivity contribution in [3.63, 3.8) is 0 Å². The molecule has 0 saturated carbocycles. The number of nitrogens with zero attached hydrogens (tertiary/aromatic N) is 2. The maximum absolute atomic E-state index is 12.3. The number of para-hydroxylation sites is 2. The molecule has 1 N–H and O–H groups in total. The van der Waals surface area contributed by atoms with E-state index in [9.17, 15) is 9.59 Å². The first-order chi connectivity index (χ1) is 10.8. The summed E-state index contributed by atoms with van der Waals surface area (Å²) in [4.78, 5) is 28.0. The van der Waals surface area contributed by atoms with Crippen molar-refractivity contribution in [3.8, 4) is 5.75 Å². The summed E-state index contributed by atoms with van der Waals surface area (Å²) >= 11 is 0. The largest absolute Gasteiger partial charge is 0.482 e. The van der Waals surface area contributed by atoms with E-state index in [1.54, 1.807) is 4.90 Å². The Balaban J connectivity index is 1.63. The minimum absolute atomic E-state index is 0.0405. The van der Waals surface area contributed by atoms with E-state index in [0.29, 0.717) is 18.7 Å². The summed E-state index contributed by atoms with van der Waals surface area (Å²) < 4.78 is 5.41. The Morgan fingerprint density at radius 1 is 1.23 bits per heavy atom. The van der Waals surface area contributed by atoms with Gasteiger partial charge in [0.05, 0.1) is 5.69 Å². The van der Waals surface area contributed by atoms with Gasteiger partial charge in [-0.25, -0.2) is 0 Å². The molecule has 1 aromatic rings. The molecule has 6 heteroatoms. The van der Waals surface area contributed by atoms with E-state index in [2.05, 4.69) is 5.32 Å². The summed E-state index contributed by atoms with van der Waals surface area (Å²) in [5.41, 5.74) is 0.754. The van der Waals surface area contributed by atoms with Crippen LogP contribution < -0.4 is 15.0 Å². The molecule has 1 saturated heterocycles. The van der Waals surface area contributed by atoms with Gasteiger partial charge in [0.2, 0.25) is 5.91 Å². The fraction of sp³-hybridized carbons (Fsp3) is 0.500. The molecule has 1 aromatic carbocycles. The maximum atomic E-state index is 12.3. The molecule has 0 atom stereocenters. The summed E-state index contributed by atoms with van der Waals surface area (Å²) in [6, 6.07) is 7.45. The van der Waals surface area contributed by atoms with Crippen LogP contribution in [0.1, 0.15) is 12.8 Å². The zero-order chi connectivity index (χ0) is 15.4. The van der Waals surface area contributed by atoms with Gasteiger partial charge in [-0.1, -0.05) is 12.1 Å². The molecule has 2 heterocycles. The summed E-state index contributed by atoms with van der Waals surface area (Å²) in [7, 11) is 0. The van der Waals surface area contributed by atoms with E-state index >= 15 is 0 Å². The van der Waals surface area contributed by atoms with Gasteiger partial charge in [0.15, 0.2) is 6.61 Å². The lowest BCUT2D eigenvalue weighted by molar-refractivity contribution is -0.130. The van der Waals surface area contributed by atoms with Gasteiger partial charge in [-0.15, -0.1) is 0 Å². The van der Waals surface area contributed by atoms with Crippen molar-refractivity contribution in [2.75, 3.05) is 44.2 Å². The topological polar surface area (TPSA) is 61.9 Å². The Morgan fingerprint density at radius 2 is 2.09 bits per heavy atom. The van der Waals surface area contributed by atoms with Gasteiger partial charge in [-0.3, -0.25) is 9.59 Å². The minimum atomic E-state index is -0.0935. The first-order valence-corrected chi connectivity index (χ1v) is 7.76. The molecule has 0 aromatic heterocycles. The van der Waals surface area contributed by atoms with Crippen molar-refractivity contribution in [1.29, 1.82) is 0 Å². The van der Waals surface area contributed by atoms with Crippen molar-refractivity contribution >= 4 is 17.5 Å². The second-order valence-corrected chi connectivity index (χ2v) is 5.54. The number of fused-ring (bicyclic) bond motifs is 1. The van der Waals surface area contributed by atoms with E-state index < -0.39 is 0 Å². The highest BCUT2D eigenvalue weighted by atomic mass is 16.5. The number of carbonyl (C=O) groups is 2. The quantitative estimate of drug-likeness (QED) is 0.889. The number of nitrogens with one attached hydrogen (secondary N) is 1. The molecule has 6 nitrogen and oxygen atoms in total. The highest BCUT2D eigenvalue weighted by molar-refractivity contribution is 5.98. The molecular weight excluding hydrogens is 282 g/mol. The summed E-state index contributed by atoms with van der Waals surface area (Å²) in [5, 5.41) is 3.28. The second-order valence-electron chi connectivity index (χ2n) is 5.54. The Bertz CT molecular complexity index is 553. The molecule has 0 aliphatic carbocycles. The zero-order valence-electron chi connectivity index (χ0n) is 12.6. The van der Waals surface area contributed by atoms with Crippen LogP contribution in [0.15, 0.2) is 24.3 Å². The van der Waals surface area contributed by atoms with Gasteiger partial charge in [0, 0.05) is 32.6 Å². The van der Waals surface area contributed by atoms with Gasteiger partial charge >= 0.3 is 0 Å². The van der Waals surface area contributed by atoms with Crippen LogP contribution in [-0.2, 0) is 9.59 Å². The molecule has 2 aliphatic heterocycles. The minimum Gasteiger partial charge on any atom is -0.482 e. The molecule has 3 rings (SSSR count). The van der Waals surface area contributed by atoms with Crippen LogP contribution in [0, 0.1) is 0 Å². The molecule has 22 heavy (non-hydrogen) atoms. The van der Waals surface area contributed by atoms with Crippen molar-refractivity contribution in [2.45, 2.75) is 12.8 Å². The Labute approximate surface area is 130 Å². The molecule has 118 valence electrons. The summed E-state index contributed by atoms with van der Waals surface area (Å²) in [5.74, 6) is 0.720. The fourth-order valence-electron chi connectivity index (χ4n) is 2.86. The van der Waals surface area contributed by atoms with E-state index in [1.807, 2.05) is 29.2 Å². The third-order valence-corrected chi connectivity index (χ3v) is 4.05. The zero-order valence-corrected chi connectivity index (χ0v) is 12.6. The molecule has 0 spiro atoms. The number of ether oxygens (including phenoxy) is 1. The third-order valence-electron chi connectivity index (χ3n) is 4.05. The fourth-order valence-corrected chi connectivity index (χ4v) is 2.86.